The van der Waals surface area contributed by atoms with Crippen molar-refractivity contribution in [3.05, 3.63) is 48.9 Å². The van der Waals surface area contributed by atoms with Gasteiger partial charge in [-0.1, -0.05) is 16.8 Å². The maximum atomic E-state index is 10.5. The van der Waals surface area contributed by atoms with Gasteiger partial charge in [0, 0.05) is 11.6 Å². The summed E-state index contributed by atoms with van der Waals surface area (Å²) in [5, 5.41) is 12.8. The summed E-state index contributed by atoms with van der Waals surface area (Å²) in [7, 11) is 0. The number of para-hydroxylation sites is 2. The Labute approximate surface area is 120 Å². The van der Waals surface area contributed by atoms with E-state index in [9.17, 15) is 4.79 Å². The largest absolute Gasteiger partial charge is 0.481 e. The highest BCUT2D eigenvalue weighted by atomic mass is 16.4. The predicted molar refractivity (Wildman–Crippen MR) is 75.2 cm³/mol. The molecule has 3 rings (SSSR count). The zero-order chi connectivity index (χ0) is 14.7. The van der Waals surface area contributed by atoms with Gasteiger partial charge < -0.3 is 5.11 Å². The number of aryl methyl sites for hydroxylation is 1. The van der Waals surface area contributed by atoms with Crippen LogP contribution >= 0.6 is 0 Å². The van der Waals surface area contributed by atoms with Crippen molar-refractivity contribution in [2.24, 2.45) is 0 Å². The molecule has 0 radical (unpaired) electrons. The molecule has 1 aromatic carbocycles. The first-order chi connectivity index (χ1) is 10.2. The SMILES string of the molecule is O=C(O)CC[n+]1ccc(-c2cnc3ccccc3n2)cn1. The Morgan fingerprint density at radius 2 is 1.95 bits per heavy atom. The summed E-state index contributed by atoms with van der Waals surface area (Å²) < 4.78 is 1.59. The Morgan fingerprint density at radius 3 is 2.67 bits per heavy atom. The average Bonchev–Trinajstić information content (AvgIpc) is 2.53. The maximum Gasteiger partial charge on any atom is 0.309 e. The standard InChI is InChI=1S/C15H12N4O2/c20-15(21)6-8-19-7-5-11(9-17-19)14-10-16-12-3-1-2-4-13(12)18-14/h1-5,7,9-10H,6,8H2/p+1. The summed E-state index contributed by atoms with van der Waals surface area (Å²) >= 11 is 0. The van der Waals surface area contributed by atoms with Gasteiger partial charge in [0.25, 0.3) is 0 Å². The predicted octanol–water partition coefficient (Wildman–Crippen LogP) is 1.45. The molecule has 3 aromatic rings. The quantitative estimate of drug-likeness (QED) is 0.732. The summed E-state index contributed by atoms with van der Waals surface area (Å²) in [6.45, 7) is 0.346. The van der Waals surface area contributed by atoms with Crippen molar-refractivity contribution in [3.63, 3.8) is 0 Å². The Bertz CT molecular complexity index is 787. The zero-order valence-corrected chi connectivity index (χ0v) is 11.2. The fourth-order valence-corrected chi connectivity index (χ4v) is 1.97. The van der Waals surface area contributed by atoms with E-state index in [0.717, 1.165) is 22.3 Å². The molecule has 104 valence electrons. The maximum absolute atomic E-state index is 10.5. The third-order valence-electron chi connectivity index (χ3n) is 3.07. The Hall–Kier alpha value is -2.89. The van der Waals surface area contributed by atoms with E-state index in [1.165, 1.54) is 0 Å². The number of carboxylic acids is 1. The first kappa shape index (κ1) is 13.1. The summed E-state index contributed by atoms with van der Waals surface area (Å²) in [5.41, 5.74) is 3.27. The number of rotatable bonds is 4. The van der Waals surface area contributed by atoms with Crippen LogP contribution in [0.3, 0.4) is 0 Å². The minimum Gasteiger partial charge on any atom is -0.481 e. The summed E-state index contributed by atoms with van der Waals surface area (Å²) in [5.74, 6) is -0.839. The molecule has 0 amide bonds. The molecule has 6 heteroatoms. The second-order valence-electron chi connectivity index (χ2n) is 4.57. The normalized spacial score (nSPS) is 10.7. The van der Waals surface area contributed by atoms with Gasteiger partial charge >= 0.3 is 5.97 Å². The number of nitrogens with zero attached hydrogens (tertiary/aromatic N) is 4. The molecule has 0 aliphatic heterocycles. The van der Waals surface area contributed by atoms with E-state index in [4.69, 9.17) is 5.11 Å². The Kier molecular flexibility index (Phi) is 3.51. The minimum atomic E-state index is -0.839. The van der Waals surface area contributed by atoms with Crippen molar-refractivity contribution in [2.45, 2.75) is 13.0 Å². The molecule has 2 aromatic heterocycles. The highest BCUT2D eigenvalue weighted by Crippen LogP contribution is 2.16. The minimum absolute atomic E-state index is 0.0484. The fraction of sp³-hybridized carbons (Fsp3) is 0.133. The van der Waals surface area contributed by atoms with E-state index >= 15 is 0 Å². The van der Waals surface area contributed by atoms with Crippen LogP contribution in [0.15, 0.2) is 48.9 Å². The molecule has 0 fully saturated rings. The molecule has 0 saturated carbocycles. The first-order valence-corrected chi connectivity index (χ1v) is 6.52. The molecule has 0 bridgehead atoms. The van der Waals surface area contributed by atoms with Crippen molar-refractivity contribution in [1.29, 1.82) is 0 Å². The van der Waals surface area contributed by atoms with Gasteiger partial charge in [0.2, 0.25) is 0 Å². The number of fused-ring (bicyclic) bond motifs is 1. The number of hydrogen-bond acceptors (Lipinski definition) is 4. The van der Waals surface area contributed by atoms with E-state index in [0.29, 0.717) is 6.54 Å². The molecule has 0 atom stereocenters. The molecule has 0 saturated heterocycles. The molecule has 2 heterocycles. The smallest absolute Gasteiger partial charge is 0.309 e. The van der Waals surface area contributed by atoms with Gasteiger partial charge in [0.05, 0.1) is 22.9 Å². The van der Waals surface area contributed by atoms with Gasteiger partial charge in [-0.3, -0.25) is 9.78 Å². The lowest BCUT2D eigenvalue weighted by Gasteiger charge is -2.01. The van der Waals surface area contributed by atoms with Gasteiger partial charge in [0.1, 0.15) is 12.6 Å². The van der Waals surface area contributed by atoms with Gasteiger partial charge in [-0.25, -0.2) is 4.98 Å². The van der Waals surface area contributed by atoms with Crippen molar-refractivity contribution in [3.8, 4) is 11.3 Å². The highest BCUT2D eigenvalue weighted by Gasteiger charge is 2.09. The second-order valence-corrected chi connectivity index (χ2v) is 4.57. The summed E-state index contributed by atoms with van der Waals surface area (Å²) in [6.07, 6.45) is 5.17. The number of carboxylic acid groups (broad SMARTS) is 1. The highest BCUT2D eigenvalue weighted by molar-refractivity contribution is 5.76. The second kappa shape index (κ2) is 5.62. The van der Waals surface area contributed by atoms with Gasteiger partial charge in [-0.05, 0) is 17.2 Å². The summed E-state index contributed by atoms with van der Waals surface area (Å²) in [6, 6.07) is 9.52. The van der Waals surface area contributed by atoms with Crippen LogP contribution in [0, 0.1) is 0 Å². The van der Waals surface area contributed by atoms with Crippen LogP contribution in [-0.2, 0) is 11.3 Å². The topological polar surface area (TPSA) is 79.9 Å². The number of aliphatic carboxylic acids is 1. The van der Waals surface area contributed by atoms with Gasteiger partial charge in [-0.15, -0.1) is 0 Å². The molecule has 21 heavy (non-hydrogen) atoms. The van der Waals surface area contributed by atoms with Crippen molar-refractivity contribution < 1.29 is 14.6 Å². The van der Waals surface area contributed by atoms with E-state index < -0.39 is 5.97 Å². The third kappa shape index (κ3) is 3.00. The average molecular weight is 281 g/mol. The van der Waals surface area contributed by atoms with Crippen LogP contribution in [0.25, 0.3) is 22.3 Å². The molecule has 0 unspecified atom stereocenters. The van der Waals surface area contributed by atoms with Crippen LogP contribution in [0.4, 0.5) is 0 Å². The van der Waals surface area contributed by atoms with Gasteiger partial charge in [-0.2, -0.15) is 0 Å². The number of carbonyl (C=O) groups is 1. The first-order valence-electron chi connectivity index (χ1n) is 6.52. The van der Waals surface area contributed by atoms with Crippen LogP contribution in [0.5, 0.6) is 0 Å². The molecular weight excluding hydrogens is 268 g/mol. The van der Waals surface area contributed by atoms with E-state index in [-0.39, 0.29) is 6.42 Å². The van der Waals surface area contributed by atoms with Crippen LogP contribution < -0.4 is 4.68 Å². The van der Waals surface area contributed by atoms with Crippen LogP contribution in [0.1, 0.15) is 6.42 Å². The van der Waals surface area contributed by atoms with Crippen molar-refractivity contribution >= 4 is 17.0 Å². The molecule has 6 nitrogen and oxygen atoms in total. The lowest BCUT2D eigenvalue weighted by Crippen LogP contribution is -2.38. The Balaban J connectivity index is 1.86. The number of aromatic nitrogens is 4. The monoisotopic (exact) mass is 281 g/mol. The number of benzene rings is 1. The van der Waals surface area contributed by atoms with E-state index in [1.807, 2.05) is 30.3 Å². The Morgan fingerprint density at radius 1 is 1.14 bits per heavy atom. The number of hydrogen-bond donors (Lipinski definition) is 1. The fourth-order valence-electron chi connectivity index (χ4n) is 1.97. The van der Waals surface area contributed by atoms with Crippen molar-refractivity contribution in [2.75, 3.05) is 0 Å². The van der Waals surface area contributed by atoms with Gasteiger partial charge in [0.15, 0.2) is 12.7 Å². The van der Waals surface area contributed by atoms with Crippen LogP contribution in [0.2, 0.25) is 0 Å². The lowest BCUT2D eigenvalue weighted by molar-refractivity contribution is -0.752. The van der Waals surface area contributed by atoms with E-state index in [2.05, 4.69) is 15.1 Å². The van der Waals surface area contributed by atoms with Crippen molar-refractivity contribution in [1.82, 2.24) is 15.1 Å². The summed E-state index contributed by atoms with van der Waals surface area (Å²) in [4.78, 5) is 19.4. The van der Waals surface area contributed by atoms with E-state index in [1.54, 1.807) is 23.3 Å². The molecule has 1 N–H and O–H groups in total. The molecule has 0 aliphatic rings. The molecule has 0 aliphatic carbocycles. The lowest BCUT2D eigenvalue weighted by atomic mass is 10.2. The zero-order valence-electron chi connectivity index (χ0n) is 11.2. The molecule has 0 spiro atoms. The molecular formula is C15H13N4O2+. The third-order valence-corrected chi connectivity index (χ3v) is 3.07. The van der Waals surface area contributed by atoms with Crippen LogP contribution in [-0.4, -0.2) is 26.1 Å².